The van der Waals surface area contributed by atoms with E-state index in [2.05, 4.69) is 20.7 Å². The molecular weight excluding hydrogens is 332 g/mol. The summed E-state index contributed by atoms with van der Waals surface area (Å²) in [6.07, 6.45) is 0. The highest BCUT2D eigenvalue weighted by molar-refractivity contribution is 9.10. The number of para-hydroxylation sites is 1. The first kappa shape index (κ1) is 13.7. The smallest absolute Gasteiger partial charge is 0.262 e. The lowest BCUT2D eigenvalue weighted by molar-refractivity contribution is 0.477. The Balaban J connectivity index is 2.38. The van der Waals surface area contributed by atoms with Crippen LogP contribution in [-0.4, -0.2) is 13.5 Å². The van der Waals surface area contributed by atoms with E-state index in [0.717, 1.165) is 0 Å². The summed E-state index contributed by atoms with van der Waals surface area (Å²) in [6.45, 7) is 0. The molecule has 0 unspecified atom stereocenters. The topological polar surface area (TPSA) is 92.4 Å². The van der Waals surface area contributed by atoms with Crippen LogP contribution in [0.15, 0.2) is 51.8 Å². The fraction of sp³-hybridized carbons (Fsp3) is 0. The molecule has 19 heavy (non-hydrogen) atoms. The first-order valence-corrected chi connectivity index (χ1v) is 7.53. The molecule has 5 nitrogen and oxygen atoms in total. The third-order valence-electron chi connectivity index (χ3n) is 2.43. The summed E-state index contributed by atoms with van der Waals surface area (Å²) < 4.78 is 27.4. The molecule has 0 saturated heterocycles. The average Bonchev–Trinajstić information content (AvgIpc) is 2.35. The Morgan fingerprint density at radius 2 is 1.84 bits per heavy atom. The van der Waals surface area contributed by atoms with Crippen molar-refractivity contribution in [3.8, 4) is 5.75 Å². The number of anilines is 2. The minimum atomic E-state index is -3.75. The lowest BCUT2D eigenvalue weighted by Gasteiger charge is -2.10. The van der Waals surface area contributed by atoms with Gasteiger partial charge in [0.1, 0.15) is 5.75 Å². The second kappa shape index (κ2) is 5.10. The molecule has 100 valence electrons. The molecule has 0 atom stereocenters. The van der Waals surface area contributed by atoms with Gasteiger partial charge in [0.2, 0.25) is 0 Å². The van der Waals surface area contributed by atoms with Gasteiger partial charge in [0, 0.05) is 4.47 Å². The summed E-state index contributed by atoms with van der Waals surface area (Å²) in [5.74, 6) is -0.153. The number of nitrogens with one attached hydrogen (secondary N) is 1. The van der Waals surface area contributed by atoms with Crippen molar-refractivity contribution in [3.63, 3.8) is 0 Å². The summed E-state index contributed by atoms with van der Waals surface area (Å²) in [7, 11) is -3.75. The zero-order valence-electron chi connectivity index (χ0n) is 9.67. The van der Waals surface area contributed by atoms with Gasteiger partial charge < -0.3 is 10.8 Å². The van der Waals surface area contributed by atoms with Gasteiger partial charge in [-0.1, -0.05) is 12.1 Å². The number of hydrogen-bond acceptors (Lipinski definition) is 4. The van der Waals surface area contributed by atoms with E-state index in [1.165, 1.54) is 18.2 Å². The molecule has 2 aromatic rings. The van der Waals surface area contributed by atoms with E-state index in [4.69, 9.17) is 5.73 Å². The fourth-order valence-electron chi connectivity index (χ4n) is 1.45. The van der Waals surface area contributed by atoms with Crippen molar-refractivity contribution in [1.29, 1.82) is 0 Å². The van der Waals surface area contributed by atoms with Gasteiger partial charge in [-0.2, -0.15) is 0 Å². The molecule has 2 aromatic carbocycles. The highest BCUT2D eigenvalue weighted by Gasteiger charge is 2.16. The van der Waals surface area contributed by atoms with Crippen molar-refractivity contribution in [1.82, 2.24) is 0 Å². The normalized spacial score (nSPS) is 11.2. The number of benzene rings is 2. The Morgan fingerprint density at radius 1 is 1.16 bits per heavy atom. The van der Waals surface area contributed by atoms with Gasteiger partial charge in [-0.3, -0.25) is 4.72 Å². The Bertz CT molecular complexity index is 717. The van der Waals surface area contributed by atoms with E-state index >= 15 is 0 Å². The molecule has 0 saturated carbocycles. The molecule has 2 rings (SSSR count). The summed E-state index contributed by atoms with van der Waals surface area (Å²) >= 11 is 3.26. The first-order valence-electron chi connectivity index (χ1n) is 5.26. The average molecular weight is 343 g/mol. The molecule has 0 heterocycles. The minimum absolute atomic E-state index is 0.00926. The van der Waals surface area contributed by atoms with Gasteiger partial charge >= 0.3 is 0 Å². The molecule has 0 spiro atoms. The zero-order chi connectivity index (χ0) is 14.0. The van der Waals surface area contributed by atoms with Gasteiger partial charge in [0.05, 0.1) is 16.3 Å². The van der Waals surface area contributed by atoms with Gasteiger partial charge in [-0.15, -0.1) is 0 Å². The summed E-state index contributed by atoms with van der Waals surface area (Å²) in [5.41, 5.74) is 5.92. The van der Waals surface area contributed by atoms with Crippen LogP contribution in [-0.2, 0) is 10.0 Å². The Hall–Kier alpha value is -1.73. The van der Waals surface area contributed by atoms with E-state index < -0.39 is 10.0 Å². The van der Waals surface area contributed by atoms with Crippen LogP contribution in [0.4, 0.5) is 11.4 Å². The molecule has 0 aliphatic heterocycles. The number of phenols is 1. The van der Waals surface area contributed by atoms with E-state index in [-0.39, 0.29) is 16.3 Å². The summed E-state index contributed by atoms with van der Waals surface area (Å²) in [6, 6.07) is 10.6. The van der Waals surface area contributed by atoms with Gasteiger partial charge in [-0.25, -0.2) is 8.42 Å². The zero-order valence-corrected chi connectivity index (χ0v) is 12.1. The van der Waals surface area contributed by atoms with Crippen molar-refractivity contribution < 1.29 is 13.5 Å². The Morgan fingerprint density at radius 3 is 2.47 bits per heavy atom. The number of aromatic hydroxyl groups is 1. The third-order valence-corrected chi connectivity index (χ3v) is 4.48. The molecule has 4 N–H and O–H groups in total. The predicted molar refractivity (Wildman–Crippen MR) is 77.5 cm³/mol. The first-order chi connectivity index (χ1) is 8.90. The standard InChI is InChI=1S/C12H11BrN2O3S/c13-9-3-1-2-4-11(9)15-19(17,18)8-5-6-12(16)10(14)7-8/h1-7,15-16H,14H2. The SMILES string of the molecule is Nc1cc(S(=O)(=O)Nc2ccccc2Br)ccc1O. The van der Waals surface area contributed by atoms with Crippen LogP contribution >= 0.6 is 15.9 Å². The van der Waals surface area contributed by atoms with Crippen LogP contribution in [0.1, 0.15) is 0 Å². The maximum atomic E-state index is 12.1. The lowest BCUT2D eigenvalue weighted by atomic mass is 10.3. The second-order valence-corrected chi connectivity index (χ2v) is 6.34. The van der Waals surface area contributed by atoms with E-state index in [1.807, 2.05) is 0 Å². The minimum Gasteiger partial charge on any atom is -0.506 e. The van der Waals surface area contributed by atoms with Crippen molar-refractivity contribution >= 4 is 37.3 Å². The second-order valence-electron chi connectivity index (χ2n) is 3.81. The lowest BCUT2D eigenvalue weighted by Crippen LogP contribution is -2.13. The molecule has 0 aliphatic rings. The van der Waals surface area contributed by atoms with Crippen LogP contribution in [0, 0.1) is 0 Å². The summed E-state index contributed by atoms with van der Waals surface area (Å²) in [4.78, 5) is -0.0152. The monoisotopic (exact) mass is 342 g/mol. The number of hydrogen-bond donors (Lipinski definition) is 3. The Labute approximate surface area is 119 Å². The fourth-order valence-corrected chi connectivity index (χ4v) is 3.08. The molecule has 0 amide bonds. The van der Waals surface area contributed by atoms with Crippen molar-refractivity contribution in [3.05, 3.63) is 46.9 Å². The van der Waals surface area contributed by atoms with Gasteiger partial charge in [-0.05, 0) is 46.3 Å². The van der Waals surface area contributed by atoms with Crippen LogP contribution in [0.25, 0.3) is 0 Å². The molecular formula is C12H11BrN2O3S. The van der Waals surface area contributed by atoms with Gasteiger partial charge in [0.25, 0.3) is 10.0 Å². The molecule has 0 aromatic heterocycles. The molecule has 0 fully saturated rings. The van der Waals surface area contributed by atoms with Gasteiger partial charge in [0.15, 0.2) is 0 Å². The largest absolute Gasteiger partial charge is 0.506 e. The van der Waals surface area contributed by atoms with E-state index in [1.54, 1.807) is 24.3 Å². The molecule has 7 heteroatoms. The number of rotatable bonds is 3. The van der Waals surface area contributed by atoms with Crippen LogP contribution in [0.5, 0.6) is 5.75 Å². The van der Waals surface area contributed by atoms with E-state index in [9.17, 15) is 13.5 Å². The molecule has 0 radical (unpaired) electrons. The number of halogens is 1. The predicted octanol–water partition coefficient (Wildman–Crippen LogP) is 2.54. The van der Waals surface area contributed by atoms with E-state index in [0.29, 0.717) is 10.2 Å². The molecule has 0 aliphatic carbocycles. The summed E-state index contributed by atoms with van der Waals surface area (Å²) in [5, 5.41) is 9.30. The highest BCUT2D eigenvalue weighted by Crippen LogP contribution is 2.27. The maximum absolute atomic E-state index is 12.1. The highest BCUT2D eigenvalue weighted by atomic mass is 79.9. The third kappa shape index (κ3) is 2.99. The molecule has 0 bridgehead atoms. The number of phenolic OH excluding ortho intramolecular Hbond substituents is 1. The number of sulfonamides is 1. The van der Waals surface area contributed by atoms with Crippen molar-refractivity contribution in [2.75, 3.05) is 10.5 Å². The maximum Gasteiger partial charge on any atom is 0.262 e. The Kier molecular flexibility index (Phi) is 3.68. The quantitative estimate of drug-likeness (QED) is 0.590. The van der Waals surface area contributed by atoms with Crippen molar-refractivity contribution in [2.24, 2.45) is 0 Å². The number of nitrogens with two attached hydrogens (primary N) is 1. The van der Waals surface area contributed by atoms with Crippen molar-refractivity contribution in [2.45, 2.75) is 4.90 Å². The van der Waals surface area contributed by atoms with Crippen LogP contribution in [0.2, 0.25) is 0 Å². The number of nitrogen functional groups attached to an aromatic ring is 1. The van der Waals surface area contributed by atoms with Crippen LogP contribution < -0.4 is 10.5 Å². The van der Waals surface area contributed by atoms with Crippen LogP contribution in [0.3, 0.4) is 0 Å².